The minimum absolute atomic E-state index is 0.138. The second kappa shape index (κ2) is 7.95. The molecule has 0 saturated carbocycles. The van der Waals surface area contributed by atoms with E-state index in [-0.39, 0.29) is 16.8 Å². The molecule has 1 aliphatic rings. The number of aryl methyl sites for hydroxylation is 1. The maximum atomic E-state index is 13.0. The molecule has 0 bridgehead atoms. The van der Waals surface area contributed by atoms with Gasteiger partial charge in [0.2, 0.25) is 0 Å². The van der Waals surface area contributed by atoms with Crippen molar-refractivity contribution in [3.63, 3.8) is 0 Å². The first kappa shape index (κ1) is 21.8. The SMILES string of the molecule is O=C(NC1CCCn2nc(-c3ccnc(C(F)(F)F)c3)cc21)c1cccc(C(F)(F)F)c1. The van der Waals surface area contributed by atoms with Gasteiger partial charge in [0.05, 0.1) is 23.0 Å². The van der Waals surface area contributed by atoms with Crippen LogP contribution in [0.2, 0.25) is 0 Å². The van der Waals surface area contributed by atoms with E-state index < -0.39 is 35.6 Å². The third kappa shape index (κ3) is 4.46. The van der Waals surface area contributed by atoms with Crippen LogP contribution in [0.1, 0.15) is 46.2 Å². The van der Waals surface area contributed by atoms with Crippen molar-refractivity contribution in [3.8, 4) is 11.3 Å². The Morgan fingerprint density at radius 2 is 1.81 bits per heavy atom. The Labute approximate surface area is 178 Å². The number of rotatable bonds is 3. The normalized spacial score (nSPS) is 16.5. The molecule has 32 heavy (non-hydrogen) atoms. The smallest absolute Gasteiger partial charge is 0.344 e. The number of hydrogen-bond donors (Lipinski definition) is 1. The van der Waals surface area contributed by atoms with Gasteiger partial charge in [-0.15, -0.1) is 0 Å². The zero-order valence-electron chi connectivity index (χ0n) is 16.3. The van der Waals surface area contributed by atoms with Gasteiger partial charge in [-0.2, -0.15) is 31.4 Å². The zero-order chi connectivity index (χ0) is 23.1. The first-order valence-electron chi connectivity index (χ1n) is 9.62. The summed E-state index contributed by atoms with van der Waals surface area (Å²) in [7, 11) is 0. The minimum atomic E-state index is -4.60. The van der Waals surface area contributed by atoms with E-state index in [1.54, 1.807) is 10.7 Å². The van der Waals surface area contributed by atoms with Gasteiger partial charge < -0.3 is 5.32 Å². The Bertz CT molecular complexity index is 1150. The molecule has 168 valence electrons. The van der Waals surface area contributed by atoms with Crippen molar-refractivity contribution in [2.24, 2.45) is 0 Å². The average molecular weight is 454 g/mol. The van der Waals surface area contributed by atoms with Gasteiger partial charge in [-0.3, -0.25) is 14.5 Å². The number of fused-ring (bicyclic) bond motifs is 1. The molecule has 0 aliphatic carbocycles. The Morgan fingerprint density at radius 1 is 1.03 bits per heavy atom. The number of pyridine rings is 1. The van der Waals surface area contributed by atoms with Gasteiger partial charge >= 0.3 is 12.4 Å². The van der Waals surface area contributed by atoms with Crippen molar-refractivity contribution < 1.29 is 31.1 Å². The number of aromatic nitrogens is 3. The van der Waals surface area contributed by atoms with Crippen LogP contribution in [0.15, 0.2) is 48.7 Å². The lowest BCUT2D eigenvalue weighted by Gasteiger charge is -2.24. The Balaban J connectivity index is 1.59. The van der Waals surface area contributed by atoms with Crippen molar-refractivity contribution in [1.29, 1.82) is 0 Å². The fourth-order valence-electron chi connectivity index (χ4n) is 3.59. The quantitative estimate of drug-likeness (QED) is 0.550. The molecule has 1 aliphatic heterocycles. The number of alkyl halides is 6. The fraction of sp³-hybridized carbons (Fsp3) is 0.286. The van der Waals surface area contributed by atoms with Crippen LogP contribution in [0.3, 0.4) is 0 Å². The summed E-state index contributed by atoms with van der Waals surface area (Å²) < 4.78 is 79.3. The number of halogens is 6. The van der Waals surface area contributed by atoms with E-state index in [1.165, 1.54) is 12.1 Å². The van der Waals surface area contributed by atoms with Crippen LogP contribution in [0.25, 0.3) is 11.3 Å². The fourth-order valence-corrected chi connectivity index (χ4v) is 3.59. The van der Waals surface area contributed by atoms with Crippen LogP contribution in [-0.2, 0) is 18.9 Å². The summed E-state index contributed by atoms with van der Waals surface area (Å²) >= 11 is 0. The van der Waals surface area contributed by atoms with Crippen LogP contribution < -0.4 is 5.32 Å². The van der Waals surface area contributed by atoms with Crippen molar-refractivity contribution in [2.45, 2.75) is 37.8 Å². The average Bonchev–Trinajstić information content (AvgIpc) is 3.18. The first-order chi connectivity index (χ1) is 15.0. The Kier molecular flexibility index (Phi) is 5.43. The predicted molar refractivity (Wildman–Crippen MR) is 101 cm³/mol. The molecule has 1 amide bonds. The van der Waals surface area contributed by atoms with E-state index in [1.807, 2.05) is 0 Å². The van der Waals surface area contributed by atoms with Gasteiger partial charge in [0.25, 0.3) is 5.91 Å². The summed E-state index contributed by atoms with van der Waals surface area (Å²) in [4.78, 5) is 15.9. The summed E-state index contributed by atoms with van der Waals surface area (Å²) in [5, 5.41) is 7.05. The summed E-state index contributed by atoms with van der Waals surface area (Å²) in [6, 6.07) is 7.42. The summed E-state index contributed by atoms with van der Waals surface area (Å²) in [6.07, 6.45) is -6.99. The second-order valence-electron chi connectivity index (χ2n) is 7.35. The highest BCUT2D eigenvalue weighted by Crippen LogP contribution is 2.33. The number of hydrogen-bond acceptors (Lipinski definition) is 3. The number of nitrogens with zero attached hydrogens (tertiary/aromatic N) is 3. The van der Waals surface area contributed by atoms with Gasteiger partial charge in [-0.25, -0.2) is 0 Å². The Hall–Kier alpha value is -3.37. The first-order valence-corrected chi connectivity index (χ1v) is 9.62. The van der Waals surface area contributed by atoms with E-state index in [4.69, 9.17) is 0 Å². The van der Waals surface area contributed by atoms with E-state index in [0.29, 0.717) is 25.1 Å². The summed E-state index contributed by atoms with van der Waals surface area (Å²) in [5.74, 6) is -0.680. The standard InChI is InChI=1S/C21H16F6N4O/c22-20(23,24)14-4-1-3-13(9-14)19(32)29-15-5-2-8-31-17(15)11-16(30-31)12-6-7-28-18(10-12)21(25,26)27/h1,3-4,6-7,9-11,15H,2,5,8H2,(H,29,32). The highest BCUT2D eigenvalue weighted by molar-refractivity contribution is 5.94. The third-order valence-corrected chi connectivity index (χ3v) is 5.13. The third-order valence-electron chi connectivity index (χ3n) is 5.13. The minimum Gasteiger partial charge on any atom is -0.344 e. The second-order valence-corrected chi connectivity index (χ2v) is 7.35. The molecule has 4 rings (SSSR count). The number of carbonyl (C=O) groups is 1. The van der Waals surface area contributed by atoms with Crippen molar-refractivity contribution >= 4 is 5.91 Å². The number of benzene rings is 1. The number of carbonyl (C=O) groups excluding carboxylic acids is 1. The molecular weight excluding hydrogens is 438 g/mol. The van der Waals surface area contributed by atoms with Crippen LogP contribution in [0, 0.1) is 0 Å². The highest BCUT2D eigenvalue weighted by atomic mass is 19.4. The molecule has 1 aromatic carbocycles. The molecule has 5 nitrogen and oxygen atoms in total. The van der Waals surface area contributed by atoms with E-state index in [0.717, 1.165) is 30.5 Å². The number of nitrogens with one attached hydrogen (secondary N) is 1. The molecule has 1 atom stereocenters. The molecule has 1 N–H and O–H groups in total. The molecular formula is C21H16F6N4O. The summed E-state index contributed by atoms with van der Waals surface area (Å²) in [6.45, 7) is 0.502. The van der Waals surface area contributed by atoms with Crippen molar-refractivity contribution in [3.05, 3.63) is 71.2 Å². The van der Waals surface area contributed by atoms with Crippen LogP contribution in [-0.4, -0.2) is 20.7 Å². The molecule has 1 unspecified atom stereocenters. The molecule has 0 spiro atoms. The van der Waals surface area contributed by atoms with Crippen molar-refractivity contribution in [2.75, 3.05) is 0 Å². The highest BCUT2D eigenvalue weighted by Gasteiger charge is 2.33. The van der Waals surface area contributed by atoms with Gasteiger partial charge in [0.1, 0.15) is 5.69 Å². The molecule has 0 radical (unpaired) electrons. The van der Waals surface area contributed by atoms with Gasteiger partial charge in [-0.05, 0) is 49.2 Å². The lowest BCUT2D eigenvalue weighted by atomic mass is 10.0. The number of amides is 1. The largest absolute Gasteiger partial charge is 0.433 e. The van der Waals surface area contributed by atoms with Crippen LogP contribution in [0.5, 0.6) is 0 Å². The van der Waals surface area contributed by atoms with E-state index in [2.05, 4.69) is 15.4 Å². The monoisotopic (exact) mass is 454 g/mol. The summed E-state index contributed by atoms with van der Waals surface area (Å²) in [5.41, 5.74) is -1.04. The van der Waals surface area contributed by atoms with Gasteiger partial charge in [0, 0.05) is 23.9 Å². The van der Waals surface area contributed by atoms with Crippen LogP contribution in [0.4, 0.5) is 26.3 Å². The van der Waals surface area contributed by atoms with E-state index >= 15 is 0 Å². The molecule has 2 aromatic heterocycles. The topological polar surface area (TPSA) is 59.8 Å². The maximum absolute atomic E-state index is 13.0. The van der Waals surface area contributed by atoms with Gasteiger partial charge in [0.15, 0.2) is 0 Å². The molecule has 3 aromatic rings. The lowest BCUT2D eigenvalue weighted by Crippen LogP contribution is -2.32. The predicted octanol–water partition coefficient (Wildman–Crippen LogP) is 5.25. The molecule has 0 fully saturated rings. The maximum Gasteiger partial charge on any atom is 0.433 e. The van der Waals surface area contributed by atoms with Crippen LogP contribution >= 0.6 is 0 Å². The zero-order valence-corrected chi connectivity index (χ0v) is 16.3. The molecule has 3 heterocycles. The van der Waals surface area contributed by atoms with Gasteiger partial charge in [-0.1, -0.05) is 6.07 Å². The molecule has 0 saturated heterocycles. The lowest BCUT2D eigenvalue weighted by molar-refractivity contribution is -0.141. The van der Waals surface area contributed by atoms with Crippen molar-refractivity contribution in [1.82, 2.24) is 20.1 Å². The van der Waals surface area contributed by atoms with E-state index in [9.17, 15) is 31.1 Å². The Morgan fingerprint density at radius 3 is 2.53 bits per heavy atom. The molecule has 11 heteroatoms.